The lowest BCUT2D eigenvalue weighted by molar-refractivity contribution is 0.104. The highest BCUT2D eigenvalue weighted by atomic mass is 31.1. The molecule has 0 aromatic heterocycles. The first-order valence-corrected chi connectivity index (χ1v) is 12.3. The summed E-state index contributed by atoms with van der Waals surface area (Å²) in [5.41, 5.74) is 0.000831. The van der Waals surface area contributed by atoms with E-state index in [0.29, 0.717) is 34.3 Å². The van der Waals surface area contributed by atoms with Crippen molar-refractivity contribution in [2.24, 2.45) is 0 Å². The van der Waals surface area contributed by atoms with Crippen LogP contribution in [0.1, 0.15) is 52.8 Å². The van der Waals surface area contributed by atoms with Crippen LogP contribution in [0.3, 0.4) is 0 Å². The molecule has 0 heterocycles. The Bertz CT molecular complexity index is 951. The van der Waals surface area contributed by atoms with Crippen LogP contribution in [0.15, 0.2) is 30.3 Å². The van der Waals surface area contributed by atoms with Gasteiger partial charge in [-0.15, -0.1) is 0 Å². The standard InChI is InChI=1S/C25H31O7P/c1-28-16-14-20(31-4)23(21(15-16)32-5)25(27)33(17-10-7-6-8-11-17)24(26)22-18(29-2)12-9-13-19(22)30-3/h9,12-15,17H,6-8,10-11H2,1-5H3. The molecule has 0 radical (unpaired) electrons. The van der Waals surface area contributed by atoms with E-state index in [0.717, 1.165) is 32.1 Å². The summed E-state index contributed by atoms with van der Waals surface area (Å²) in [5.74, 6) is 1.92. The Hall–Kier alpha value is -2.79. The molecule has 7 nitrogen and oxygen atoms in total. The lowest BCUT2D eigenvalue weighted by atomic mass is 10.0. The molecule has 0 spiro atoms. The summed E-state index contributed by atoms with van der Waals surface area (Å²) >= 11 is 0. The largest absolute Gasteiger partial charge is 0.496 e. The Morgan fingerprint density at radius 3 is 1.58 bits per heavy atom. The second-order valence-electron chi connectivity index (χ2n) is 7.72. The fourth-order valence-corrected chi connectivity index (χ4v) is 6.93. The summed E-state index contributed by atoms with van der Waals surface area (Å²) in [6, 6.07) is 8.46. The van der Waals surface area contributed by atoms with Crippen LogP contribution in [0.4, 0.5) is 0 Å². The van der Waals surface area contributed by atoms with Gasteiger partial charge in [-0.2, -0.15) is 0 Å². The van der Waals surface area contributed by atoms with Crippen LogP contribution in [0.5, 0.6) is 28.7 Å². The van der Waals surface area contributed by atoms with Gasteiger partial charge in [-0.25, -0.2) is 0 Å². The molecule has 8 heteroatoms. The Balaban J connectivity index is 2.18. The minimum Gasteiger partial charge on any atom is -0.496 e. The van der Waals surface area contributed by atoms with Crippen molar-refractivity contribution in [1.82, 2.24) is 0 Å². The summed E-state index contributed by atoms with van der Waals surface area (Å²) in [6.45, 7) is 0. The second-order valence-corrected chi connectivity index (χ2v) is 10.00. The van der Waals surface area contributed by atoms with E-state index in [-0.39, 0.29) is 22.3 Å². The fourth-order valence-electron chi connectivity index (χ4n) is 4.28. The topological polar surface area (TPSA) is 80.3 Å². The molecule has 1 aliphatic carbocycles. The maximum absolute atomic E-state index is 14.1. The van der Waals surface area contributed by atoms with Gasteiger partial charge in [-0.1, -0.05) is 25.3 Å². The third-order valence-electron chi connectivity index (χ3n) is 5.95. The molecule has 1 aliphatic rings. The quantitative estimate of drug-likeness (QED) is 0.419. The van der Waals surface area contributed by atoms with Crippen molar-refractivity contribution in [1.29, 1.82) is 0 Å². The molecule has 178 valence electrons. The highest BCUT2D eigenvalue weighted by Gasteiger charge is 2.41. The molecule has 3 rings (SSSR count). The van der Waals surface area contributed by atoms with Gasteiger partial charge in [0.1, 0.15) is 39.9 Å². The van der Waals surface area contributed by atoms with Crippen LogP contribution >= 0.6 is 7.92 Å². The average Bonchev–Trinajstić information content (AvgIpc) is 2.87. The first kappa shape index (κ1) is 24.8. The van der Waals surface area contributed by atoms with Gasteiger partial charge < -0.3 is 23.7 Å². The molecule has 33 heavy (non-hydrogen) atoms. The van der Waals surface area contributed by atoms with Gasteiger partial charge in [-0.3, -0.25) is 9.59 Å². The zero-order chi connectivity index (χ0) is 24.0. The summed E-state index contributed by atoms with van der Waals surface area (Å²) in [4.78, 5) is 28.2. The normalized spacial score (nSPS) is 14.8. The number of methoxy groups -OCH3 is 5. The predicted octanol–water partition coefficient (Wildman–Crippen LogP) is 5.52. The Kier molecular flexibility index (Phi) is 8.56. The lowest BCUT2D eigenvalue weighted by Crippen LogP contribution is -2.21. The van der Waals surface area contributed by atoms with Gasteiger partial charge >= 0.3 is 0 Å². The number of carbonyl (C=O) groups is 2. The lowest BCUT2D eigenvalue weighted by Gasteiger charge is -2.30. The van der Waals surface area contributed by atoms with Crippen molar-refractivity contribution in [2.75, 3.05) is 35.5 Å². The van der Waals surface area contributed by atoms with Crippen molar-refractivity contribution < 1.29 is 33.3 Å². The molecule has 1 atom stereocenters. The number of ether oxygens (including phenoxy) is 5. The van der Waals surface area contributed by atoms with Gasteiger partial charge in [0, 0.05) is 20.1 Å². The molecule has 0 bridgehead atoms. The molecule has 0 saturated heterocycles. The van der Waals surface area contributed by atoms with Crippen LogP contribution in [-0.4, -0.2) is 52.3 Å². The van der Waals surface area contributed by atoms with Gasteiger partial charge in [-0.05, 0) is 30.6 Å². The van der Waals surface area contributed by atoms with Gasteiger partial charge in [0.25, 0.3) is 0 Å². The van der Waals surface area contributed by atoms with Crippen molar-refractivity contribution in [3.63, 3.8) is 0 Å². The van der Waals surface area contributed by atoms with E-state index in [1.807, 2.05) is 0 Å². The minimum absolute atomic E-state index is 0.0418. The molecule has 1 fully saturated rings. The number of hydrogen-bond donors (Lipinski definition) is 0. The molecule has 0 N–H and O–H groups in total. The predicted molar refractivity (Wildman–Crippen MR) is 128 cm³/mol. The minimum atomic E-state index is -1.79. The zero-order valence-corrected chi connectivity index (χ0v) is 20.7. The van der Waals surface area contributed by atoms with Crippen molar-refractivity contribution in [3.05, 3.63) is 41.5 Å². The Labute approximate surface area is 196 Å². The Morgan fingerprint density at radius 1 is 0.697 bits per heavy atom. The van der Waals surface area contributed by atoms with Gasteiger partial charge in [0.15, 0.2) is 11.0 Å². The van der Waals surface area contributed by atoms with E-state index < -0.39 is 7.92 Å². The van der Waals surface area contributed by atoms with Crippen molar-refractivity contribution in [3.8, 4) is 28.7 Å². The number of benzene rings is 2. The first-order chi connectivity index (χ1) is 16.0. The van der Waals surface area contributed by atoms with Crippen molar-refractivity contribution >= 4 is 19.0 Å². The van der Waals surface area contributed by atoms with Crippen LogP contribution in [0, 0.1) is 0 Å². The van der Waals surface area contributed by atoms with E-state index in [1.54, 1.807) is 30.3 Å². The van der Waals surface area contributed by atoms with Crippen LogP contribution in [0.2, 0.25) is 0 Å². The maximum Gasteiger partial charge on any atom is 0.199 e. The van der Waals surface area contributed by atoms with Gasteiger partial charge in [0.2, 0.25) is 0 Å². The zero-order valence-electron chi connectivity index (χ0n) is 19.8. The molecule has 1 saturated carbocycles. The molecule has 2 aromatic carbocycles. The van der Waals surface area contributed by atoms with Crippen LogP contribution < -0.4 is 23.7 Å². The van der Waals surface area contributed by atoms with E-state index in [2.05, 4.69) is 0 Å². The molecule has 0 amide bonds. The number of carbonyl (C=O) groups excluding carboxylic acids is 2. The summed E-state index contributed by atoms with van der Waals surface area (Å²) in [5, 5.41) is 0. The Morgan fingerprint density at radius 2 is 1.15 bits per heavy atom. The summed E-state index contributed by atoms with van der Waals surface area (Å²) < 4.78 is 27.4. The fraction of sp³-hybridized carbons (Fsp3) is 0.440. The average molecular weight is 474 g/mol. The molecular weight excluding hydrogens is 443 g/mol. The third-order valence-corrected chi connectivity index (χ3v) is 8.52. The molecular formula is C25H31O7P. The van der Waals surface area contributed by atoms with E-state index in [1.165, 1.54) is 35.5 Å². The summed E-state index contributed by atoms with van der Waals surface area (Å²) in [7, 11) is 5.72. The molecule has 0 aliphatic heterocycles. The van der Waals surface area contributed by atoms with Crippen LogP contribution in [0.25, 0.3) is 0 Å². The second kappa shape index (κ2) is 11.4. The molecule has 1 unspecified atom stereocenters. The third kappa shape index (κ3) is 5.09. The SMILES string of the molecule is COc1cc(OC)c(C(=O)P(C(=O)c2c(OC)cccc2OC)C2CCCCC2)c(OC)c1. The first-order valence-electron chi connectivity index (χ1n) is 10.9. The highest BCUT2D eigenvalue weighted by Crippen LogP contribution is 2.56. The van der Waals surface area contributed by atoms with E-state index >= 15 is 0 Å². The van der Waals surface area contributed by atoms with E-state index in [4.69, 9.17) is 23.7 Å². The summed E-state index contributed by atoms with van der Waals surface area (Å²) in [6.07, 6.45) is 4.73. The number of rotatable bonds is 10. The van der Waals surface area contributed by atoms with Crippen molar-refractivity contribution in [2.45, 2.75) is 37.8 Å². The van der Waals surface area contributed by atoms with Crippen LogP contribution in [-0.2, 0) is 0 Å². The monoisotopic (exact) mass is 474 g/mol. The maximum atomic E-state index is 14.1. The molecule has 2 aromatic rings. The number of hydrogen-bond acceptors (Lipinski definition) is 7. The highest BCUT2D eigenvalue weighted by molar-refractivity contribution is 7.90. The van der Waals surface area contributed by atoms with Gasteiger partial charge in [0.05, 0.1) is 35.5 Å². The smallest absolute Gasteiger partial charge is 0.199 e. The van der Waals surface area contributed by atoms with E-state index in [9.17, 15) is 9.59 Å².